The Labute approximate surface area is 179 Å². The van der Waals surface area contributed by atoms with Gasteiger partial charge in [-0.25, -0.2) is 9.98 Å². The molecule has 3 heterocycles. The van der Waals surface area contributed by atoms with Gasteiger partial charge in [0, 0.05) is 49.7 Å². The van der Waals surface area contributed by atoms with Crippen molar-refractivity contribution in [2.45, 2.75) is 31.7 Å². The quantitative estimate of drug-likeness (QED) is 0.682. The Balaban J connectivity index is 1.45. The summed E-state index contributed by atoms with van der Waals surface area (Å²) >= 11 is 0. The fourth-order valence-electron chi connectivity index (χ4n) is 4.42. The molecule has 7 nitrogen and oxygen atoms in total. The summed E-state index contributed by atoms with van der Waals surface area (Å²) in [6.07, 6.45) is 12.6. The van der Waals surface area contributed by atoms with Gasteiger partial charge in [0.1, 0.15) is 18.3 Å². The summed E-state index contributed by atoms with van der Waals surface area (Å²) in [5.41, 5.74) is 3.24. The Hall–Kier alpha value is -2.93. The molecular weight excluding hydrogens is 374 g/mol. The number of aliphatic imine (C=N–C) groups is 2. The molecule has 1 aromatic rings. The van der Waals surface area contributed by atoms with Gasteiger partial charge in [0.2, 0.25) is 0 Å². The van der Waals surface area contributed by atoms with Crippen molar-refractivity contribution in [3.05, 3.63) is 54.5 Å². The van der Waals surface area contributed by atoms with Gasteiger partial charge in [-0.15, -0.1) is 0 Å². The first-order chi connectivity index (χ1) is 14.8. The van der Waals surface area contributed by atoms with Gasteiger partial charge in [0.15, 0.2) is 0 Å². The molecule has 4 rings (SSSR count). The summed E-state index contributed by atoms with van der Waals surface area (Å²) in [5.74, 6) is 1.77. The van der Waals surface area contributed by atoms with Crippen LogP contribution in [0.4, 0.5) is 11.5 Å². The molecule has 3 aliphatic rings. The third-order valence-electron chi connectivity index (χ3n) is 5.92. The lowest BCUT2D eigenvalue weighted by Crippen LogP contribution is -2.43. The second-order valence-corrected chi connectivity index (χ2v) is 7.80. The highest BCUT2D eigenvalue weighted by Gasteiger charge is 2.32. The summed E-state index contributed by atoms with van der Waals surface area (Å²) in [6.45, 7) is 12.1. The fraction of sp³-hybridized carbons (Fsp3) is 0.435. The van der Waals surface area contributed by atoms with E-state index in [1.54, 1.807) is 6.20 Å². The lowest BCUT2D eigenvalue weighted by molar-refractivity contribution is 0.395. The zero-order valence-electron chi connectivity index (χ0n) is 17.6. The number of piperazine rings is 1. The smallest absolute Gasteiger partial charge is 0.139 e. The molecule has 2 fully saturated rings. The van der Waals surface area contributed by atoms with Crippen LogP contribution in [0.25, 0.3) is 0 Å². The van der Waals surface area contributed by atoms with Crippen LogP contribution in [0.5, 0.6) is 0 Å². The molecule has 0 aromatic carbocycles. The van der Waals surface area contributed by atoms with Gasteiger partial charge < -0.3 is 20.4 Å². The molecule has 0 bridgehead atoms. The second-order valence-electron chi connectivity index (χ2n) is 7.80. The normalized spacial score (nSPS) is 22.6. The molecule has 0 spiro atoms. The summed E-state index contributed by atoms with van der Waals surface area (Å²) in [6, 6.07) is 4.62. The van der Waals surface area contributed by atoms with Crippen molar-refractivity contribution >= 4 is 24.1 Å². The van der Waals surface area contributed by atoms with Crippen LogP contribution < -0.4 is 15.5 Å². The summed E-state index contributed by atoms with van der Waals surface area (Å²) < 4.78 is 0. The fourth-order valence-corrected chi connectivity index (χ4v) is 4.42. The van der Waals surface area contributed by atoms with Gasteiger partial charge >= 0.3 is 0 Å². The van der Waals surface area contributed by atoms with Gasteiger partial charge in [-0.1, -0.05) is 19.4 Å². The molecule has 7 heteroatoms. The first-order valence-corrected chi connectivity index (χ1v) is 10.8. The summed E-state index contributed by atoms with van der Waals surface area (Å²) in [4.78, 5) is 18.1. The minimum atomic E-state index is 0.450. The van der Waals surface area contributed by atoms with E-state index in [0.29, 0.717) is 12.7 Å². The number of allylic oxidation sites excluding steroid dienone is 1. The zero-order chi connectivity index (χ0) is 20.8. The van der Waals surface area contributed by atoms with Crippen molar-refractivity contribution in [2.24, 2.45) is 9.98 Å². The molecule has 0 radical (unpaired) electrons. The number of nitrogens with one attached hydrogen (secondary N) is 2. The highest BCUT2D eigenvalue weighted by Crippen LogP contribution is 2.33. The third-order valence-corrected chi connectivity index (χ3v) is 5.92. The minimum Gasteiger partial charge on any atom is -0.368 e. The predicted octanol–water partition coefficient (Wildman–Crippen LogP) is 3.17. The maximum atomic E-state index is 4.87. The van der Waals surface area contributed by atoms with Crippen molar-refractivity contribution in [3.63, 3.8) is 0 Å². The van der Waals surface area contributed by atoms with Crippen LogP contribution in [0.3, 0.4) is 0 Å². The van der Waals surface area contributed by atoms with E-state index >= 15 is 0 Å². The monoisotopic (exact) mass is 405 g/mol. The summed E-state index contributed by atoms with van der Waals surface area (Å²) in [7, 11) is 0. The molecule has 2 N–H and O–H groups in total. The molecular formula is C23H31N7. The number of hydrogen-bond acceptors (Lipinski definition) is 6. The van der Waals surface area contributed by atoms with Crippen LogP contribution in [-0.4, -0.2) is 61.3 Å². The first kappa shape index (κ1) is 20.3. The van der Waals surface area contributed by atoms with Gasteiger partial charge in [-0.2, -0.15) is 0 Å². The van der Waals surface area contributed by atoms with Gasteiger partial charge in [-0.05, 0) is 43.8 Å². The Morgan fingerprint density at radius 2 is 2.03 bits per heavy atom. The molecule has 1 saturated carbocycles. The minimum absolute atomic E-state index is 0.450. The Morgan fingerprint density at radius 3 is 2.70 bits per heavy atom. The van der Waals surface area contributed by atoms with E-state index in [0.717, 1.165) is 49.1 Å². The Morgan fingerprint density at radius 1 is 1.23 bits per heavy atom. The third kappa shape index (κ3) is 4.46. The van der Waals surface area contributed by atoms with E-state index in [9.17, 15) is 0 Å². The first-order valence-electron chi connectivity index (χ1n) is 10.8. The standard InChI is InChI=1S/C23H31N7/c1-3-19-14-18(15-24-2)23(30(19)20-6-4-5-7-20)28-17-27-22-9-8-21(16-26-22)29-12-10-25-11-13-29/h3,8-9,14-16,20,25H,1-2,4-7,10-13,17H2,(H,26,27)/b18-15-,28-23+. The van der Waals surface area contributed by atoms with Gasteiger partial charge in [0.25, 0.3) is 0 Å². The van der Waals surface area contributed by atoms with Crippen LogP contribution in [0.15, 0.2) is 64.5 Å². The molecule has 2 aliphatic heterocycles. The SMILES string of the molecule is C=CC1=CC(=C/N=C)/C(=N\CNc2ccc(N3CCNCC3)cn2)N1C1CCCC1. The Bertz CT molecular complexity index is 841. The number of aromatic nitrogens is 1. The van der Waals surface area contributed by atoms with Crippen LogP contribution in [-0.2, 0) is 0 Å². The predicted molar refractivity (Wildman–Crippen MR) is 125 cm³/mol. The number of amidine groups is 1. The number of rotatable bonds is 7. The second kappa shape index (κ2) is 9.71. The molecule has 158 valence electrons. The van der Waals surface area contributed by atoms with Crippen LogP contribution in [0.2, 0.25) is 0 Å². The van der Waals surface area contributed by atoms with Crippen molar-refractivity contribution in [2.75, 3.05) is 43.1 Å². The van der Waals surface area contributed by atoms with Crippen molar-refractivity contribution in [3.8, 4) is 0 Å². The lowest BCUT2D eigenvalue weighted by atomic mass is 10.2. The van der Waals surface area contributed by atoms with E-state index in [4.69, 9.17) is 4.99 Å². The van der Waals surface area contributed by atoms with Crippen LogP contribution in [0.1, 0.15) is 25.7 Å². The molecule has 30 heavy (non-hydrogen) atoms. The number of anilines is 2. The van der Waals surface area contributed by atoms with Crippen LogP contribution >= 0.6 is 0 Å². The topological polar surface area (TPSA) is 68.1 Å². The van der Waals surface area contributed by atoms with E-state index in [1.165, 1.54) is 31.4 Å². The van der Waals surface area contributed by atoms with Gasteiger partial charge in [-0.3, -0.25) is 4.99 Å². The maximum absolute atomic E-state index is 4.87. The summed E-state index contributed by atoms with van der Waals surface area (Å²) in [5, 5.41) is 6.71. The largest absolute Gasteiger partial charge is 0.368 e. The van der Waals surface area contributed by atoms with Crippen LogP contribution in [0, 0.1) is 0 Å². The zero-order valence-corrected chi connectivity index (χ0v) is 17.6. The van der Waals surface area contributed by atoms with Crippen molar-refractivity contribution in [1.29, 1.82) is 0 Å². The molecule has 0 unspecified atom stereocenters. The molecule has 1 saturated heterocycles. The van der Waals surface area contributed by atoms with E-state index in [1.807, 2.05) is 18.3 Å². The molecule has 0 amide bonds. The highest BCUT2D eigenvalue weighted by atomic mass is 15.3. The average Bonchev–Trinajstić information content (AvgIpc) is 3.43. The van der Waals surface area contributed by atoms with E-state index in [2.05, 4.69) is 55.8 Å². The average molecular weight is 406 g/mol. The van der Waals surface area contributed by atoms with Crippen molar-refractivity contribution in [1.82, 2.24) is 15.2 Å². The molecule has 1 aliphatic carbocycles. The molecule has 1 aromatic heterocycles. The Kier molecular flexibility index (Phi) is 6.59. The number of pyridine rings is 1. The lowest BCUT2D eigenvalue weighted by Gasteiger charge is -2.29. The van der Waals surface area contributed by atoms with Gasteiger partial charge in [0.05, 0.1) is 11.9 Å². The molecule has 0 atom stereocenters. The highest BCUT2D eigenvalue weighted by molar-refractivity contribution is 6.05. The van der Waals surface area contributed by atoms with E-state index in [-0.39, 0.29) is 0 Å². The van der Waals surface area contributed by atoms with E-state index < -0.39 is 0 Å². The maximum Gasteiger partial charge on any atom is 0.139 e. The number of nitrogens with zero attached hydrogens (tertiary/aromatic N) is 5. The van der Waals surface area contributed by atoms with Crippen molar-refractivity contribution < 1.29 is 0 Å². The number of hydrogen-bond donors (Lipinski definition) is 2.